The number of hydrogen-bond acceptors (Lipinski definition) is 2. The predicted molar refractivity (Wildman–Crippen MR) is 67.8 cm³/mol. The fraction of sp³-hybridized carbons (Fsp3) is 0.846. The van der Waals surface area contributed by atoms with Gasteiger partial charge in [0.05, 0.1) is 6.67 Å². The highest BCUT2D eigenvalue weighted by atomic mass is 19.1. The fourth-order valence-electron chi connectivity index (χ4n) is 2.24. The van der Waals surface area contributed by atoms with Gasteiger partial charge in [-0.3, -0.25) is 14.0 Å². The maximum Gasteiger partial charge on any atom is 0.248 e. The summed E-state index contributed by atoms with van der Waals surface area (Å²) in [5.41, 5.74) is -1.72. The van der Waals surface area contributed by atoms with E-state index in [4.69, 9.17) is 0 Å². The minimum atomic E-state index is -0.860. The first-order chi connectivity index (χ1) is 8.35. The number of carbonyl (C=O) groups is 2. The van der Waals surface area contributed by atoms with Crippen molar-refractivity contribution in [2.24, 2.45) is 0 Å². The molecule has 0 aromatic rings. The van der Waals surface area contributed by atoms with Gasteiger partial charge in [0.15, 0.2) is 0 Å². The smallest absolute Gasteiger partial charge is 0.248 e. The molecule has 18 heavy (non-hydrogen) atoms. The molecule has 2 unspecified atom stereocenters. The Bertz CT molecular complexity index is 348. The van der Waals surface area contributed by atoms with Crippen molar-refractivity contribution in [1.29, 1.82) is 0 Å². The Hall–Kier alpha value is -1.13. The summed E-state index contributed by atoms with van der Waals surface area (Å²) >= 11 is 0. The van der Waals surface area contributed by atoms with E-state index in [1.54, 1.807) is 18.7 Å². The largest absolute Gasteiger partial charge is 0.340 e. The van der Waals surface area contributed by atoms with Crippen molar-refractivity contribution in [2.75, 3.05) is 13.2 Å². The summed E-state index contributed by atoms with van der Waals surface area (Å²) in [5.74, 6) is -0.254. The Morgan fingerprint density at radius 3 is 2.28 bits per heavy atom. The van der Waals surface area contributed by atoms with Crippen LogP contribution < -0.4 is 5.32 Å². The van der Waals surface area contributed by atoms with E-state index in [0.717, 1.165) is 0 Å². The van der Waals surface area contributed by atoms with Crippen LogP contribution in [0.2, 0.25) is 0 Å². The number of hydrogen-bond donors (Lipinski definition) is 1. The van der Waals surface area contributed by atoms with E-state index in [2.05, 4.69) is 5.32 Å². The van der Waals surface area contributed by atoms with Crippen LogP contribution >= 0.6 is 0 Å². The highest BCUT2D eigenvalue weighted by Gasteiger charge is 2.52. The van der Waals surface area contributed by atoms with Gasteiger partial charge in [0.1, 0.15) is 11.1 Å². The van der Waals surface area contributed by atoms with Crippen molar-refractivity contribution >= 4 is 11.8 Å². The molecule has 0 bridgehead atoms. The number of nitrogens with one attached hydrogen (secondary N) is 1. The normalized spacial score (nSPS) is 32.6. The standard InChI is InChI=1S/C13H23FN2O2/c1-5-12(3)11(18)16(9-7-8-14)13(4,6-2)10(17)15-12/h5-9H2,1-4H3,(H,15,17). The Labute approximate surface area is 108 Å². The van der Waals surface area contributed by atoms with Crippen LogP contribution in [0.15, 0.2) is 0 Å². The molecule has 0 radical (unpaired) electrons. The molecule has 1 fully saturated rings. The highest BCUT2D eigenvalue weighted by molar-refractivity contribution is 6.01. The molecule has 1 N–H and O–H groups in total. The fourth-order valence-corrected chi connectivity index (χ4v) is 2.24. The van der Waals surface area contributed by atoms with Gasteiger partial charge in [-0.2, -0.15) is 0 Å². The van der Waals surface area contributed by atoms with Crippen molar-refractivity contribution in [3.8, 4) is 0 Å². The van der Waals surface area contributed by atoms with E-state index in [9.17, 15) is 14.0 Å². The lowest BCUT2D eigenvalue weighted by atomic mass is 9.84. The number of amides is 2. The second kappa shape index (κ2) is 5.24. The molecular weight excluding hydrogens is 235 g/mol. The third-order valence-electron chi connectivity index (χ3n) is 4.10. The second-order valence-electron chi connectivity index (χ2n) is 5.27. The molecule has 104 valence electrons. The first-order valence-electron chi connectivity index (χ1n) is 6.56. The van der Waals surface area contributed by atoms with E-state index >= 15 is 0 Å². The second-order valence-corrected chi connectivity index (χ2v) is 5.27. The summed E-state index contributed by atoms with van der Waals surface area (Å²) in [5, 5.41) is 2.82. The van der Waals surface area contributed by atoms with Gasteiger partial charge in [0.25, 0.3) is 0 Å². The molecule has 1 rings (SSSR count). The number of carbonyl (C=O) groups excluding carboxylic acids is 2. The molecule has 2 atom stereocenters. The van der Waals surface area contributed by atoms with Crippen LogP contribution in [0.4, 0.5) is 4.39 Å². The quantitative estimate of drug-likeness (QED) is 0.815. The molecule has 2 amide bonds. The van der Waals surface area contributed by atoms with Crippen LogP contribution in [0, 0.1) is 0 Å². The zero-order chi connectivity index (χ0) is 14.0. The van der Waals surface area contributed by atoms with E-state index in [1.165, 1.54) is 0 Å². The summed E-state index contributed by atoms with van der Waals surface area (Å²) in [4.78, 5) is 26.3. The van der Waals surface area contributed by atoms with Gasteiger partial charge in [0, 0.05) is 6.54 Å². The van der Waals surface area contributed by atoms with Gasteiger partial charge in [-0.25, -0.2) is 0 Å². The lowest BCUT2D eigenvalue weighted by Gasteiger charge is -2.49. The van der Waals surface area contributed by atoms with Crippen molar-refractivity contribution in [1.82, 2.24) is 10.2 Å². The molecule has 1 saturated heterocycles. The van der Waals surface area contributed by atoms with E-state index in [0.29, 0.717) is 19.4 Å². The SMILES string of the molecule is CCC1(C)NC(=O)C(C)(CC)N(CCCF)C1=O. The summed E-state index contributed by atoms with van der Waals surface area (Å²) in [6.07, 6.45) is 1.33. The average molecular weight is 258 g/mol. The maximum atomic E-state index is 12.5. The van der Waals surface area contributed by atoms with Crippen molar-refractivity contribution in [3.05, 3.63) is 0 Å². The van der Waals surface area contributed by atoms with Crippen molar-refractivity contribution < 1.29 is 14.0 Å². The van der Waals surface area contributed by atoms with Crippen LogP contribution in [-0.4, -0.2) is 41.0 Å². The molecule has 0 aliphatic carbocycles. The Morgan fingerprint density at radius 1 is 1.22 bits per heavy atom. The lowest BCUT2D eigenvalue weighted by molar-refractivity contribution is -0.162. The molecule has 1 aliphatic heterocycles. The molecular formula is C13H23FN2O2. The molecule has 5 heteroatoms. The molecule has 1 heterocycles. The van der Waals surface area contributed by atoms with Gasteiger partial charge >= 0.3 is 0 Å². The molecule has 4 nitrogen and oxygen atoms in total. The number of nitrogens with zero attached hydrogens (tertiary/aromatic N) is 1. The van der Waals surface area contributed by atoms with Crippen LogP contribution in [0.3, 0.4) is 0 Å². The predicted octanol–water partition coefficient (Wildman–Crippen LogP) is 1.64. The third-order valence-corrected chi connectivity index (χ3v) is 4.10. The molecule has 0 aromatic carbocycles. The molecule has 1 aliphatic rings. The minimum absolute atomic E-state index is 0.109. The first kappa shape index (κ1) is 14.9. The molecule has 0 saturated carbocycles. The molecule has 0 aromatic heterocycles. The monoisotopic (exact) mass is 258 g/mol. The van der Waals surface area contributed by atoms with Crippen molar-refractivity contribution in [3.63, 3.8) is 0 Å². The van der Waals surface area contributed by atoms with Crippen LogP contribution in [0.5, 0.6) is 0 Å². The number of piperazine rings is 1. The zero-order valence-electron chi connectivity index (χ0n) is 11.7. The third kappa shape index (κ3) is 2.22. The lowest BCUT2D eigenvalue weighted by Crippen LogP contribution is -2.73. The summed E-state index contributed by atoms with van der Waals surface area (Å²) < 4.78 is 12.4. The Morgan fingerprint density at radius 2 is 1.83 bits per heavy atom. The van der Waals surface area contributed by atoms with Gasteiger partial charge < -0.3 is 10.2 Å². The summed E-state index contributed by atoms with van der Waals surface area (Å²) in [6, 6.07) is 0. The van der Waals surface area contributed by atoms with Crippen molar-refractivity contribution in [2.45, 2.75) is 58.0 Å². The van der Waals surface area contributed by atoms with Crippen LogP contribution in [0.25, 0.3) is 0 Å². The van der Waals surface area contributed by atoms with Crippen LogP contribution in [0.1, 0.15) is 47.0 Å². The van der Waals surface area contributed by atoms with Gasteiger partial charge in [-0.15, -0.1) is 0 Å². The Balaban J connectivity index is 3.09. The van der Waals surface area contributed by atoms with Gasteiger partial charge in [-0.1, -0.05) is 13.8 Å². The van der Waals surface area contributed by atoms with E-state index in [-0.39, 0.29) is 18.2 Å². The number of rotatable bonds is 5. The summed E-state index contributed by atoms with van der Waals surface area (Å²) in [7, 11) is 0. The topological polar surface area (TPSA) is 49.4 Å². The Kier molecular flexibility index (Phi) is 4.35. The maximum absolute atomic E-state index is 12.5. The van der Waals surface area contributed by atoms with E-state index in [1.807, 2.05) is 13.8 Å². The van der Waals surface area contributed by atoms with Crippen LogP contribution in [-0.2, 0) is 9.59 Å². The van der Waals surface area contributed by atoms with E-state index < -0.39 is 17.8 Å². The average Bonchev–Trinajstić information content (AvgIpc) is 2.36. The first-order valence-corrected chi connectivity index (χ1v) is 6.56. The highest BCUT2D eigenvalue weighted by Crippen LogP contribution is 2.30. The minimum Gasteiger partial charge on any atom is -0.340 e. The molecule has 0 spiro atoms. The van der Waals surface area contributed by atoms with Gasteiger partial charge in [-0.05, 0) is 33.1 Å². The summed E-state index contributed by atoms with van der Waals surface area (Å²) in [6.45, 7) is 7.01. The number of alkyl halides is 1. The van der Waals surface area contributed by atoms with Gasteiger partial charge in [0.2, 0.25) is 11.8 Å². The zero-order valence-corrected chi connectivity index (χ0v) is 11.7. The number of halogens is 1.